The van der Waals surface area contributed by atoms with E-state index >= 15 is 0 Å². The van der Waals surface area contributed by atoms with E-state index in [2.05, 4.69) is 17.9 Å². The van der Waals surface area contributed by atoms with Crippen LogP contribution in [0.15, 0.2) is 24.3 Å². The molecule has 2 heteroatoms. The molecule has 1 N–H and O–H groups in total. The van der Waals surface area contributed by atoms with Crippen molar-refractivity contribution in [2.45, 2.75) is 24.7 Å². The first kappa shape index (κ1) is 10.7. The molecule has 2 rings (SSSR count). The molecule has 0 amide bonds. The highest BCUT2D eigenvalue weighted by atomic mass is 16.2. The monoisotopic (exact) mass is 211 g/mol. The summed E-state index contributed by atoms with van der Waals surface area (Å²) in [7, 11) is 0. The molecule has 1 aliphatic carbocycles. The normalized spacial score (nSPS) is 15.8. The summed E-state index contributed by atoms with van der Waals surface area (Å²) in [5, 5.41) is 17.6. The maximum Gasteiger partial charge on any atom is 0.0823 e. The van der Waals surface area contributed by atoms with Crippen molar-refractivity contribution >= 4 is 0 Å². The largest absolute Gasteiger partial charge is 0.395 e. The van der Waals surface area contributed by atoms with E-state index in [1.807, 2.05) is 24.3 Å². The Bertz CT molecular complexity index is 466. The Labute approximate surface area is 95.5 Å². The lowest BCUT2D eigenvalue weighted by atomic mass is 9.97. The van der Waals surface area contributed by atoms with Gasteiger partial charge in [-0.2, -0.15) is 5.26 Å². The van der Waals surface area contributed by atoms with E-state index in [-0.39, 0.29) is 12.0 Å². The van der Waals surface area contributed by atoms with Crippen LogP contribution in [0, 0.1) is 23.2 Å². The number of benzene rings is 1. The first-order valence-corrected chi connectivity index (χ1v) is 5.42. The van der Waals surface area contributed by atoms with Gasteiger partial charge in [0, 0.05) is 12.0 Å². The zero-order chi connectivity index (χ0) is 11.4. The SMILES string of the molecule is N#CC1(c2ccc(C#CCCO)cc2)CC1. The highest BCUT2D eigenvalue weighted by Gasteiger charge is 2.44. The van der Waals surface area contributed by atoms with E-state index in [9.17, 15) is 0 Å². The van der Waals surface area contributed by atoms with Gasteiger partial charge in [-0.3, -0.25) is 0 Å². The van der Waals surface area contributed by atoms with E-state index in [0.29, 0.717) is 6.42 Å². The van der Waals surface area contributed by atoms with Gasteiger partial charge in [-0.15, -0.1) is 0 Å². The van der Waals surface area contributed by atoms with Crippen molar-refractivity contribution in [2.24, 2.45) is 0 Å². The highest BCUT2D eigenvalue weighted by Crippen LogP contribution is 2.47. The van der Waals surface area contributed by atoms with Gasteiger partial charge in [0.2, 0.25) is 0 Å². The number of rotatable bonds is 2. The molecule has 0 atom stereocenters. The Kier molecular flexibility index (Phi) is 2.95. The quantitative estimate of drug-likeness (QED) is 0.760. The average molecular weight is 211 g/mol. The second-order valence-corrected chi connectivity index (χ2v) is 4.05. The van der Waals surface area contributed by atoms with Crippen molar-refractivity contribution in [3.63, 3.8) is 0 Å². The fourth-order valence-electron chi connectivity index (χ4n) is 1.68. The molecule has 1 aromatic carbocycles. The summed E-state index contributed by atoms with van der Waals surface area (Å²) in [4.78, 5) is 0. The van der Waals surface area contributed by atoms with Crippen LogP contribution in [0.1, 0.15) is 30.4 Å². The highest BCUT2D eigenvalue weighted by molar-refractivity contribution is 5.43. The van der Waals surface area contributed by atoms with Crippen molar-refractivity contribution in [2.75, 3.05) is 6.61 Å². The van der Waals surface area contributed by atoms with Crippen LogP contribution in [0.25, 0.3) is 0 Å². The number of nitriles is 1. The molecule has 1 aromatic rings. The van der Waals surface area contributed by atoms with Crippen molar-refractivity contribution in [1.29, 1.82) is 5.26 Å². The molecule has 0 bridgehead atoms. The fourth-order valence-corrected chi connectivity index (χ4v) is 1.68. The van der Waals surface area contributed by atoms with Gasteiger partial charge in [-0.05, 0) is 30.5 Å². The van der Waals surface area contributed by atoms with Gasteiger partial charge in [0.25, 0.3) is 0 Å². The smallest absolute Gasteiger partial charge is 0.0823 e. The van der Waals surface area contributed by atoms with Crippen molar-refractivity contribution < 1.29 is 5.11 Å². The van der Waals surface area contributed by atoms with Gasteiger partial charge < -0.3 is 5.11 Å². The van der Waals surface area contributed by atoms with Crippen molar-refractivity contribution in [3.05, 3.63) is 35.4 Å². The Morgan fingerprint density at radius 2 is 1.94 bits per heavy atom. The van der Waals surface area contributed by atoms with E-state index in [0.717, 1.165) is 24.0 Å². The molecule has 0 radical (unpaired) electrons. The maximum absolute atomic E-state index is 9.05. The van der Waals surface area contributed by atoms with Crippen LogP contribution in [-0.4, -0.2) is 11.7 Å². The summed E-state index contributed by atoms with van der Waals surface area (Å²) < 4.78 is 0. The van der Waals surface area contributed by atoms with Crippen LogP contribution in [0.2, 0.25) is 0 Å². The Morgan fingerprint density at radius 1 is 1.25 bits per heavy atom. The fraction of sp³-hybridized carbons (Fsp3) is 0.357. The first-order chi connectivity index (χ1) is 7.80. The maximum atomic E-state index is 9.05. The summed E-state index contributed by atoms with van der Waals surface area (Å²) in [5.74, 6) is 5.84. The summed E-state index contributed by atoms with van der Waals surface area (Å²) >= 11 is 0. The zero-order valence-electron chi connectivity index (χ0n) is 9.03. The Balaban J connectivity index is 2.13. The van der Waals surface area contributed by atoms with E-state index < -0.39 is 0 Å². The number of aliphatic hydroxyl groups excluding tert-OH is 1. The van der Waals surface area contributed by atoms with Gasteiger partial charge in [-0.25, -0.2) is 0 Å². The molecule has 0 unspecified atom stereocenters. The number of nitrogens with zero attached hydrogens (tertiary/aromatic N) is 1. The summed E-state index contributed by atoms with van der Waals surface area (Å²) in [6.45, 7) is 0.0998. The first-order valence-electron chi connectivity index (χ1n) is 5.42. The lowest BCUT2D eigenvalue weighted by Crippen LogP contribution is -2.01. The predicted octanol–water partition coefficient (Wildman–Crippen LogP) is 1.98. The zero-order valence-corrected chi connectivity index (χ0v) is 9.03. The van der Waals surface area contributed by atoms with Gasteiger partial charge in [0.05, 0.1) is 18.1 Å². The molecule has 0 saturated heterocycles. The predicted molar refractivity (Wildman–Crippen MR) is 61.5 cm³/mol. The third-order valence-electron chi connectivity index (χ3n) is 2.87. The minimum Gasteiger partial charge on any atom is -0.395 e. The molecular weight excluding hydrogens is 198 g/mol. The third-order valence-corrected chi connectivity index (χ3v) is 2.87. The lowest BCUT2D eigenvalue weighted by Gasteiger charge is -2.04. The van der Waals surface area contributed by atoms with E-state index in [1.54, 1.807) is 0 Å². The summed E-state index contributed by atoms with van der Waals surface area (Å²) in [6, 6.07) is 10.2. The van der Waals surface area contributed by atoms with Gasteiger partial charge in [0.1, 0.15) is 0 Å². The molecule has 1 fully saturated rings. The van der Waals surface area contributed by atoms with Crippen LogP contribution < -0.4 is 0 Å². The molecule has 0 aromatic heterocycles. The second kappa shape index (κ2) is 4.39. The molecule has 80 valence electrons. The van der Waals surface area contributed by atoms with Crippen LogP contribution in [0.3, 0.4) is 0 Å². The molecule has 0 spiro atoms. The second-order valence-electron chi connectivity index (χ2n) is 4.05. The lowest BCUT2D eigenvalue weighted by molar-refractivity contribution is 0.305. The molecule has 2 nitrogen and oxygen atoms in total. The number of hydrogen-bond acceptors (Lipinski definition) is 2. The Morgan fingerprint density at radius 3 is 2.44 bits per heavy atom. The van der Waals surface area contributed by atoms with Gasteiger partial charge in [-0.1, -0.05) is 24.0 Å². The van der Waals surface area contributed by atoms with Crippen LogP contribution in [0.4, 0.5) is 0 Å². The average Bonchev–Trinajstić information content (AvgIpc) is 3.11. The van der Waals surface area contributed by atoms with Crippen LogP contribution >= 0.6 is 0 Å². The van der Waals surface area contributed by atoms with Gasteiger partial charge in [0.15, 0.2) is 0 Å². The minimum absolute atomic E-state index is 0.0998. The van der Waals surface area contributed by atoms with Crippen LogP contribution in [-0.2, 0) is 5.41 Å². The topological polar surface area (TPSA) is 44.0 Å². The number of aliphatic hydroxyl groups is 1. The third kappa shape index (κ3) is 2.08. The summed E-state index contributed by atoms with van der Waals surface area (Å²) in [5.41, 5.74) is 1.82. The molecule has 1 aliphatic rings. The summed E-state index contributed by atoms with van der Waals surface area (Å²) in [6.07, 6.45) is 2.45. The molecule has 1 saturated carbocycles. The van der Waals surface area contributed by atoms with E-state index in [1.165, 1.54) is 0 Å². The van der Waals surface area contributed by atoms with Gasteiger partial charge >= 0.3 is 0 Å². The number of hydrogen-bond donors (Lipinski definition) is 1. The van der Waals surface area contributed by atoms with Crippen molar-refractivity contribution in [3.8, 4) is 17.9 Å². The molecule has 16 heavy (non-hydrogen) atoms. The van der Waals surface area contributed by atoms with Crippen molar-refractivity contribution in [1.82, 2.24) is 0 Å². The Hall–Kier alpha value is -1.77. The van der Waals surface area contributed by atoms with E-state index in [4.69, 9.17) is 10.4 Å². The minimum atomic E-state index is -0.211. The standard InChI is InChI=1S/C14H13NO/c15-11-14(8-9-14)13-6-4-12(5-7-13)3-1-2-10-16/h4-7,16H,2,8-10H2. The van der Waals surface area contributed by atoms with Crippen LogP contribution in [0.5, 0.6) is 0 Å². The molecule has 0 aliphatic heterocycles. The molecular formula is C14H13NO. The molecule has 0 heterocycles.